The van der Waals surface area contributed by atoms with Crippen LogP contribution < -0.4 is 10.6 Å². The Morgan fingerprint density at radius 3 is 1.82 bits per heavy atom. The van der Waals surface area contributed by atoms with Gasteiger partial charge >= 0.3 is 0 Å². The molecule has 28 heavy (non-hydrogen) atoms. The van der Waals surface area contributed by atoms with Gasteiger partial charge in [0, 0.05) is 24.0 Å². The number of hydrogen-bond donors (Lipinski definition) is 2. The van der Waals surface area contributed by atoms with E-state index in [-0.39, 0.29) is 23.7 Å². The summed E-state index contributed by atoms with van der Waals surface area (Å²) in [7, 11) is -1.45. The monoisotopic (exact) mass is 395 g/mol. The van der Waals surface area contributed by atoms with Gasteiger partial charge in [-0.1, -0.05) is 39.4 Å². The molecule has 1 heterocycles. The minimum absolute atomic E-state index is 0.103. The third-order valence-corrected chi connectivity index (χ3v) is 4.38. The van der Waals surface area contributed by atoms with Crippen molar-refractivity contribution in [3.05, 3.63) is 29.8 Å². The van der Waals surface area contributed by atoms with Gasteiger partial charge in [-0.3, -0.25) is 20.2 Å². The molecule has 0 saturated heterocycles. The Morgan fingerprint density at radius 2 is 1.39 bits per heavy atom. The molecule has 0 aliphatic rings. The molecular formula is C20H25N5O2Si. The molecule has 0 spiro atoms. The van der Waals surface area contributed by atoms with E-state index in [1.54, 1.807) is 13.8 Å². The maximum absolute atomic E-state index is 11.7. The van der Waals surface area contributed by atoms with Gasteiger partial charge in [-0.25, -0.2) is 0 Å². The van der Waals surface area contributed by atoms with Gasteiger partial charge in [-0.15, -0.1) is 5.54 Å². The summed E-state index contributed by atoms with van der Waals surface area (Å²) in [5, 5.41) is 5.22. The predicted octanol–water partition coefficient (Wildman–Crippen LogP) is 3.46. The Kier molecular flexibility index (Phi) is 7.01. The van der Waals surface area contributed by atoms with Crippen molar-refractivity contribution < 1.29 is 9.59 Å². The van der Waals surface area contributed by atoms with E-state index in [4.69, 9.17) is 0 Å². The average Bonchev–Trinajstić information content (AvgIpc) is 2.65. The highest BCUT2D eigenvalue weighted by molar-refractivity contribution is 6.83. The summed E-state index contributed by atoms with van der Waals surface area (Å²) in [5.74, 6) is 3.32. The van der Waals surface area contributed by atoms with E-state index in [0.717, 1.165) is 11.1 Å². The second-order valence-corrected chi connectivity index (χ2v) is 11.9. The summed E-state index contributed by atoms with van der Waals surface area (Å²) in [4.78, 5) is 36.1. The molecule has 2 amide bonds. The molecule has 8 heteroatoms. The van der Waals surface area contributed by atoms with Crippen LogP contribution in [0.15, 0.2) is 24.3 Å². The highest BCUT2D eigenvalue weighted by Gasteiger charge is 2.12. The Hall–Kier alpha value is -3.05. The van der Waals surface area contributed by atoms with Gasteiger partial charge in [-0.05, 0) is 24.3 Å². The summed E-state index contributed by atoms with van der Waals surface area (Å²) in [6.45, 7) is 10.0. The summed E-state index contributed by atoms with van der Waals surface area (Å²) in [6, 6.07) is 7.53. The molecule has 1 aromatic carbocycles. The van der Waals surface area contributed by atoms with Crippen LogP contribution in [0.25, 0.3) is 11.4 Å². The van der Waals surface area contributed by atoms with E-state index in [1.807, 2.05) is 24.3 Å². The van der Waals surface area contributed by atoms with E-state index in [0.29, 0.717) is 18.7 Å². The Balaban J connectivity index is 2.37. The summed E-state index contributed by atoms with van der Waals surface area (Å²) < 4.78 is 0. The van der Waals surface area contributed by atoms with Gasteiger partial charge in [0.15, 0.2) is 5.82 Å². The van der Waals surface area contributed by atoms with Gasteiger partial charge in [0.2, 0.25) is 23.7 Å². The van der Waals surface area contributed by atoms with Crippen LogP contribution in [0.2, 0.25) is 19.6 Å². The molecule has 0 unspecified atom stereocenters. The molecule has 2 aromatic rings. The first-order valence-corrected chi connectivity index (χ1v) is 12.7. The molecule has 2 N–H and O–H groups in total. The third kappa shape index (κ3) is 6.59. The molecule has 0 aliphatic carbocycles. The number of nitrogens with zero attached hydrogens (tertiary/aromatic N) is 3. The number of rotatable bonds is 5. The summed E-state index contributed by atoms with van der Waals surface area (Å²) in [6.07, 6.45) is 0.588. The summed E-state index contributed by atoms with van der Waals surface area (Å²) in [5.41, 5.74) is 4.98. The van der Waals surface area contributed by atoms with Gasteiger partial charge in [-0.2, -0.15) is 15.0 Å². The number of nitrogens with one attached hydrogen (secondary N) is 2. The molecule has 0 radical (unpaired) electrons. The second kappa shape index (κ2) is 9.24. The lowest BCUT2D eigenvalue weighted by molar-refractivity contribution is -0.116. The molecule has 7 nitrogen and oxygen atoms in total. The topological polar surface area (TPSA) is 96.9 Å². The minimum Gasteiger partial charge on any atom is -0.294 e. The van der Waals surface area contributed by atoms with Crippen molar-refractivity contribution in [1.82, 2.24) is 15.0 Å². The minimum atomic E-state index is -1.45. The highest BCUT2D eigenvalue weighted by Crippen LogP contribution is 2.19. The Bertz CT molecular complexity index is 888. The molecule has 0 atom stereocenters. The lowest BCUT2D eigenvalue weighted by Crippen LogP contribution is -2.17. The number of benzene rings is 1. The Morgan fingerprint density at radius 1 is 0.893 bits per heavy atom. The van der Waals surface area contributed by atoms with Crippen molar-refractivity contribution in [2.24, 2.45) is 0 Å². The first-order valence-electron chi connectivity index (χ1n) is 9.19. The largest absolute Gasteiger partial charge is 0.294 e. The van der Waals surface area contributed by atoms with Gasteiger partial charge in [0.25, 0.3) is 0 Å². The zero-order valence-electron chi connectivity index (χ0n) is 16.9. The third-order valence-electron chi connectivity index (χ3n) is 3.51. The predicted molar refractivity (Wildman–Crippen MR) is 113 cm³/mol. The van der Waals surface area contributed by atoms with Crippen molar-refractivity contribution in [1.29, 1.82) is 0 Å². The number of carbonyl (C=O) groups is 2. The smallest absolute Gasteiger partial charge is 0.234 e. The first kappa shape index (κ1) is 21.2. The van der Waals surface area contributed by atoms with Crippen LogP contribution in [-0.2, 0) is 9.59 Å². The maximum atomic E-state index is 11.7. The fraction of sp³-hybridized carbons (Fsp3) is 0.350. The van der Waals surface area contributed by atoms with Gasteiger partial charge in [0.1, 0.15) is 8.07 Å². The van der Waals surface area contributed by atoms with Crippen LogP contribution >= 0.6 is 0 Å². The van der Waals surface area contributed by atoms with Crippen LogP contribution in [0.1, 0.15) is 32.3 Å². The number of hydrogen-bond acceptors (Lipinski definition) is 5. The number of amides is 2. The van der Waals surface area contributed by atoms with E-state index in [9.17, 15) is 9.59 Å². The van der Waals surface area contributed by atoms with Crippen LogP contribution in [0.3, 0.4) is 0 Å². The summed E-state index contributed by atoms with van der Waals surface area (Å²) >= 11 is 0. The molecular weight excluding hydrogens is 370 g/mol. The van der Waals surface area contributed by atoms with Gasteiger partial charge in [0.05, 0.1) is 0 Å². The normalized spacial score (nSPS) is 10.6. The fourth-order valence-electron chi connectivity index (χ4n) is 2.01. The van der Waals surface area contributed by atoms with Crippen LogP contribution in [0.4, 0.5) is 11.9 Å². The lowest BCUT2D eigenvalue weighted by atomic mass is 10.1. The van der Waals surface area contributed by atoms with E-state index in [2.05, 4.69) is 56.7 Å². The average molecular weight is 396 g/mol. The van der Waals surface area contributed by atoms with Crippen LogP contribution in [0, 0.1) is 11.5 Å². The Labute approximate surface area is 166 Å². The molecule has 0 fully saturated rings. The number of aromatic nitrogens is 3. The zero-order valence-corrected chi connectivity index (χ0v) is 17.9. The SMILES string of the molecule is CCC(=O)Nc1nc(NC(=O)CC)nc(-c2ccc(C#C[Si](C)(C)C)cc2)n1. The van der Waals surface area contributed by atoms with Gasteiger partial charge < -0.3 is 0 Å². The zero-order chi connectivity index (χ0) is 20.7. The van der Waals surface area contributed by atoms with E-state index < -0.39 is 8.07 Å². The van der Waals surface area contributed by atoms with E-state index >= 15 is 0 Å². The molecule has 146 valence electrons. The number of anilines is 2. The van der Waals surface area contributed by atoms with Crippen LogP contribution in [0.5, 0.6) is 0 Å². The van der Waals surface area contributed by atoms with Crippen LogP contribution in [-0.4, -0.2) is 34.8 Å². The first-order chi connectivity index (χ1) is 13.2. The van der Waals surface area contributed by atoms with Crippen molar-refractivity contribution >= 4 is 31.8 Å². The quantitative estimate of drug-likeness (QED) is 0.597. The fourth-order valence-corrected chi connectivity index (χ4v) is 2.52. The molecule has 2 rings (SSSR count). The van der Waals surface area contributed by atoms with Crippen molar-refractivity contribution in [3.8, 4) is 22.9 Å². The molecule has 0 saturated carbocycles. The second-order valence-electron chi connectivity index (χ2n) is 7.19. The van der Waals surface area contributed by atoms with E-state index in [1.165, 1.54) is 0 Å². The highest BCUT2D eigenvalue weighted by atomic mass is 28.3. The molecule has 1 aromatic heterocycles. The molecule has 0 bridgehead atoms. The standard InChI is InChI=1S/C20H25N5O2Si/c1-6-16(26)21-19-23-18(24-20(25-19)22-17(27)7-2)15-10-8-14(9-11-15)12-13-28(3,4)5/h8-11H,6-7H2,1-5H3,(H2,21,22,23,24,25,26,27). The number of carbonyl (C=O) groups excluding carboxylic acids is 2. The molecule has 0 aliphatic heterocycles. The van der Waals surface area contributed by atoms with Crippen molar-refractivity contribution in [3.63, 3.8) is 0 Å². The van der Waals surface area contributed by atoms with Crippen molar-refractivity contribution in [2.75, 3.05) is 10.6 Å². The lowest BCUT2D eigenvalue weighted by Gasteiger charge is -2.09. The van der Waals surface area contributed by atoms with Crippen molar-refractivity contribution in [2.45, 2.75) is 46.3 Å². The maximum Gasteiger partial charge on any atom is 0.234 e.